The lowest BCUT2D eigenvalue weighted by atomic mass is 9.54. The summed E-state index contributed by atoms with van der Waals surface area (Å²) in [7, 11) is 0. The molecule has 2 aromatic rings. The third-order valence-corrected chi connectivity index (χ3v) is 6.15. The highest BCUT2D eigenvalue weighted by molar-refractivity contribution is 5.87. The Morgan fingerprint density at radius 2 is 1.71 bits per heavy atom. The van der Waals surface area contributed by atoms with Crippen molar-refractivity contribution in [2.75, 3.05) is 5.73 Å². The molecule has 2 aromatic heterocycles. The number of aryl methyl sites for hydroxylation is 1. The second-order valence-electron chi connectivity index (χ2n) is 7.41. The van der Waals surface area contributed by atoms with Crippen molar-refractivity contribution in [1.29, 1.82) is 0 Å². The van der Waals surface area contributed by atoms with Gasteiger partial charge in [-0.15, -0.1) is 0 Å². The van der Waals surface area contributed by atoms with Gasteiger partial charge in [-0.3, -0.25) is 0 Å². The second kappa shape index (κ2) is 3.96. The molecule has 110 valence electrons. The molecule has 5 heteroatoms. The molecule has 0 radical (unpaired) electrons. The predicted molar refractivity (Wildman–Crippen MR) is 80.6 cm³/mol. The molecule has 0 aliphatic heterocycles. The van der Waals surface area contributed by atoms with E-state index in [0.29, 0.717) is 11.9 Å². The minimum Gasteiger partial charge on any atom is -0.383 e. The third-order valence-electron chi connectivity index (χ3n) is 6.15. The smallest absolute Gasteiger partial charge is 0.163 e. The van der Waals surface area contributed by atoms with Crippen molar-refractivity contribution in [3.05, 3.63) is 12.0 Å². The summed E-state index contributed by atoms with van der Waals surface area (Å²) in [6, 6.07) is 0.531. The van der Waals surface area contributed by atoms with Gasteiger partial charge in [0.15, 0.2) is 5.65 Å². The fraction of sp³-hybridized carbons (Fsp3) is 0.688. The van der Waals surface area contributed by atoms with Crippen LogP contribution in [0.4, 0.5) is 5.82 Å². The first-order valence-electron chi connectivity index (χ1n) is 8.16. The Labute approximate surface area is 123 Å². The summed E-state index contributed by atoms with van der Waals surface area (Å²) >= 11 is 0. The van der Waals surface area contributed by atoms with Gasteiger partial charge >= 0.3 is 0 Å². The summed E-state index contributed by atoms with van der Waals surface area (Å²) in [6.45, 7) is 2.02. The van der Waals surface area contributed by atoms with Gasteiger partial charge in [0.25, 0.3) is 0 Å². The Hall–Kier alpha value is -1.65. The third kappa shape index (κ3) is 1.54. The Morgan fingerprint density at radius 1 is 1.05 bits per heavy atom. The molecule has 0 spiro atoms. The van der Waals surface area contributed by atoms with Gasteiger partial charge in [0.1, 0.15) is 12.1 Å². The average molecular weight is 283 g/mol. The molecular weight excluding hydrogens is 262 g/mol. The van der Waals surface area contributed by atoms with Crippen molar-refractivity contribution in [3.8, 4) is 0 Å². The number of rotatable bonds is 1. The lowest BCUT2D eigenvalue weighted by Crippen LogP contribution is -2.46. The maximum absolute atomic E-state index is 6.04. The Balaban J connectivity index is 1.66. The van der Waals surface area contributed by atoms with Crippen molar-refractivity contribution in [1.82, 2.24) is 19.7 Å². The first kappa shape index (κ1) is 12.0. The fourth-order valence-electron chi connectivity index (χ4n) is 5.67. The van der Waals surface area contributed by atoms with E-state index >= 15 is 0 Å². The molecule has 2 heterocycles. The highest BCUT2D eigenvalue weighted by Gasteiger charge is 2.49. The zero-order valence-electron chi connectivity index (χ0n) is 12.4. The molecule has 4 saturated carbocycles. The van der Waals surface area contributed by atoms with E-state index in [0.717, 1.165) is 40.4 Å². The molecule has 0 amide bonds. The highest BCUT2D eigenvalue weighted by atomic mass is 15.3. The van der Waals surface area contributed by atoms with Crippen molar-refractivity contribution in [3.63, 3.8) is 0 Å². The number of nitrogens with zero attached hydrogens (tertiary/aromatic N) is 4. The van der Waals surface area contributed by atoms with Crippen LogP contribution < -0.4 is 5.73 Å². The molecule has 6 rings (SSSR count). The number of anilines is 1. The predicted octanol–water partition coefficient (Wildman–Crippen LogP) is 2.71. The van der Waals surface area contributed by atoms with Gasteiger partial charge in [0.2, 0.25) is 0 Å². The van der Waals surface area contributed by atoms with Gasteiger partial charge in [-0.25, -0.2) is 14.6 Å². The van der Waals surface area contributed by atoms with Crippen molar-refractivity contribution in [2.45, 2.75) is 45.1 Å². The maximum atomic E-state index is 6.04. The van der Waals surface area contributed by atoms with Crippen LogP contribution in [-0.2, 0) is 0 Å². The van der Waals surface area contributed by atoms with Gasteiger partial charge in [0, 0.05) is 0 Å². The Kier molecular flexibility index (Phi) is 2.25. The molecule has 0 unspecified atom stereocenters. The van der Waals surface area contributed by atoms with Crippen molar-refractivity contribution in [2.24, 2.45) is 23.7 Å². The molecule has 4 aliphatic rings. The van der Waals surface area contributed by atoms with Gasteiger partial charge in [-0.2, -0.15) is 5.10 Å². The molecule has 4 aliphatic carbocycles. The van der Waals surface area contributed by atoms with Crippen molar-refractivity contribution < 1.29 is 0 Å². The quantitative estimate of drug-likeness (QED) is 0.873. The molecule has 0 saturated heterocycles. The molecule has 0 aromatic carbocycles. The van der Waals surface area contributed by atoms with E-state index in [-0.39, 0.29) is 0 Å². The number of nitrogen functional groups attached to an aromatic ring is 1. The molecule has 21 heavy (non-hydrogen) atoms. The normalized spacial score (nSPS) is 37.5. The van der Waals surface area contributed by atoms with Crippen LogP contribution in [0.3, 0.4) is 0 Å². The standard InChI is InChI=1S/C16H21N5/c1-8-13-15(17)18-7-19-16(13)21(20-8)14-11-3-9-2-10(5-11)6-12(14)4-9/h7,9-12,14H,2-6H2,1H3,(H2,17,18,19). The molecule has 5 nitrogen and oxygen atoms in total. The highest BCUT2D eigenvalue weighted by Crippen LogP contribution is 2.58. The van der Waals surface area contributed by atoms with Gasteiger partial charge in [-0.1, -0.05) is 0 Å². The van der Waals surface area contributed by atoms with Crippen LogP contribution in [0.1, 0.15) is 43.8 Å². The van der Waals surface area contributed by atoms with Gasteiger partial charge < -0.3 is 5.73 Å². The van der Waals surface area contributed by atoms with E-state index in [1.54, 1.807) is 6.33 Å². The molecule has 4 fully saturated rings. The lowest BCUT2D eigenvalue weighted by molar-refractivity contribution is -0.0322. The zero-order valence-corrected chi connectivity index (χ0v) is 12.4. The summed E-state index contributed by atoms with van der Waals surface area (Å²) in [4.78, 5) is 8.64. The molecule has 0 atom stereocenters. The van der Waals surface area contributed by atoms with E-state index in [4.69, 9.17) is 10.8 Å². The topological polar surface area (TPSA) is 69.6 Å². The average Bonchev–Trinajstić information content (AvgIpc) is 2.76. The SMILES string of the molecule is Cc1nn(C2C3CC4CC(C3)CC2C4)c2ncnc(N)c12. The molecule has 2 N–H and O–H groups in total. The lowest BCUT2D eigenvalue weighted by Gasteiger charge is -2.54. The summed E-state index contributed by atoms with van der Waals surface area (Å²) in [5, 5.41) is 5.78. The summed E-state index contributed by atoms with van der Waals surface area (Å²) in [5.41, 5.74) is 7.95. The summed E-state index contributed by atoms with van der Waals surface area (Å²) in [6.07, 6.45) is 8.60. The van der Waals surface area contributed by atoms with Crippen LogP contribution in [0.2, 0.25) is 0 Å². The maximum Gasteiger partial charge on any atom is 0.163 e. The largest absolute Gasteiger partial charge is 0.383 e. The van der Waals surface area contributed by atoms with E-state index in [9.17, 15) is 0 Å². The number of hydrogen-bond acceptors (Lipinski definition) is 4. The Bertz CT molecular complexity index is 691. The number of hydrogen-bond donors (Lipinski definition) is 1. The summed E-state index contributed by atoms with van der Waals surface area (Å²) < 4.78 is 2.20. The first-order chi connectivity index (χ1) is 10.2. The number of aromatic nitrogens is 4. The van der Waals surface area contributed by atoms with E-state index in [2.05, 4.69) is 14.6 Å². The fourth-order valence-corrected chi connectivity index (χ4v) is 5.67. The molecule has 4 bridgehead atoms. The minimum absolute atomic E-state index is 0.531. The van der Waals surface area contributed by atoms with Crippen LogP contribution in [0, 0.1) is 30.6 Å². The monoisotopic (exact) mass is 283 g/mol. The first-order valence-corrected chi connectivity index (χ1v) is 8.16. The van der Waals surface area contributed by atoms with Crippen LogP contribution in [0.25, 0.3) is 11.0 Å². The van der Waals surface area contributed by atoms with Gasteiger partial charge in [-0.05, 0) is 62.7 Å². The Morgan fingerprint density at radius 3 is 2.38 bits per heavy atom. The van der Waals surface area contributed by atoms with E-state index in [1.165, 1.54) is 32.1 Å². The number of fused-ring (bicyclic) bond motifs is 1. The zero-order chi connectivity index (χ0) is 14.1. The molecular formula is C16H21N5. The van der Waals surface area contributed by atoms with Crippen molar-refractivity contribution >= 4 is 16.9 Å². The minimum atomic E-state index is 0.531. The van der Waals surface area contributed by atoms with Crippen LogP contribution >= 0.6 is 0 Å². The van der Waals surface area contributed by atoms with Crippen LogP contribution in [-0.4, -0.2) is 19.7 Å². The second-order valence-corrected chi connectivity index (χ2v) is 7.41. The van der Waals surface area contributed by atoms with Crippen LogP contribution in [0.15, 0.2) is 6.33 Å². The van der Waals surface area contributed by atoms with Gasteiger partial charge in [0.05, 0.1) is 17.1 Å². The van der Waals surface area contributed by atoms with Crippen LogP contribution in [0.5, 0.6) is 0 Å². The van der Waals surface area contributed by atoms with E-state index in [1.807, 2.05) is 6.92 Å². The number of nitrogens with two attached hydrogens (primary N) is 1. The summed E-state index contributed by atoms with van der Waals surface area (Å²) in [5.74, 6) is 4.10. The van der Waals surface area contributed by atoms with E-state index < -0.39 is 0 Å².